The van der Waals surface area contributed by atoms with Gasteiger partial charge < -0.3 is 14.9 Å². The van der Waals surface area contributed by atoms with E-state index >= 15 is 0 Å². The largest absolute Gasteiger partial charge is 0.489 e. The molecule has 0 unspecified atom stereocenters. The van der Waals surface area contributed by atoms with Gasteiger partial charge in [-0.1, -0.05) is 35.5 Å². The smallest absolute Gasteiger partial charge is 0.273 e. The highest BCUT2D eigenvalue weighted by atomic mass is 16.6. The van der Waals surface area contributed by atoms with Crippen molar-refractivity contribution in [1.82, 2.24) is 5.32 Å². The number of rotatable bonds is 7. The van der Waals surface area contributed by atoms with Crippen molar-refractivity contribution in [3.8, 4) is 5.75 Å². The molecule has 0 atom stereocenters. The Bertz CT molecular complexity index is 804. The molecule has 0 heterocycles. The molecule has 0 bridgehead atoms. The Balaban J connectivity index is 2.26. The van der Waals surface area contributed by atoms with Crippen LogP contribution in [-0.2, 0) is 16.2 Å². The van der Waals surface area contributed by atoms with E-state index in [9.17, 15) is 14.9 Å². The van der Waals surface area contributed by atoms with Crippen LogP contribution in [0, 0.1) is 10.1 Å². The first-order valence-corrected chi connectivity index (χ1v) is 7.35. The summed E-state index contributed by atoms with van der Waals surface area (Å²) in [5, 5.41) is 17.1. The third-order valence-corrected chi connectivity index (χ3v) is 3.32. The second kappa shape index (κ2) is 8.44. The minimum absolute atomic E-state index is 0.0576. The Hall–Kier alpha value is -3.42. The van der Waals surface area contributed by atoms with Crippen molar-refractivity contribution in [1.29, 1.82) is 0 Å². The number of nitrogens with one attached hydrogen (secondary N) is 1. The fourth-order valence-corrected chi connectivity index (χ4v) is 2.15. The molecule has 0 spiro atoms. The summed E-state index contributed by atoms with van der Waals surface area (Å²) < 4.78 is 5.63. The third-order valence-electron chi connectivity index (χ3n) is 3.32. The number of nitro benzene ring substituents is 1. The van der Waals surface area contributed by atoms with Gasteiger partial charge in [-0.3, -0.25) is 14.9 Å². The first-order chi connectivity index (χ1) is 12.1. The number of hydrogen-bond acceptors (Lipinski definition) is 6. The van der Waals surface area contributed by atoms with Crippen LogP contribution in [0.2, 0.25) is 0 Å². The Labute approximate surface area is 144 Å². The predicted molar refractivity (Wildman–Crippen MR) is 91.5 cm³/mol. The molecule has 0 fully saturated rings. The van der Waals surface area contributed by atoms with Crippen LogP contribution >= 0.6 is 0 Å². The van der Waals surface area contributed by atoms with Gasteiger partial charge in [0.2, 0.25) is 0 Å². The minimum atomic E-state index is -0.490. The maximum atomic E-state index is 12.0. The number of oxime groups is 1. The van der Waals surface area contributed by atoms with Gasteiger partial charge in [0.15, 0.2) is 5.71 Å². The molecule has 8 heteroatoms. The number of likely N-dealkylation sites (N-methyl/N-ethyl adjacent to an activating group) is 1. The van der Waals surface area contributed by atoms with Crippen LogP contribution in [-0.4, -0.2) is 30.7 Å². The summed E-state index contributed by atoms with van der Waals surface area (Å²) in [4.78, 5) is 27.1. The number of benzene rings is 2. The van der Waals surface area contributed by atoms with Crippen LogP contribution in [0.15, 0.2) is 53.7 Å². The number of carbonyl (C=O) groups excluding carboxylic acids is 1. The Morgan fingerprint density at radius 2 is 2.00 bits per heavy atom. The number of non-ortho nitro benzene ring substituents is 1. The van der Waals surface area contributed by atoms with E-state index in [4.69, 9.17) is 9.57 Å². The van der Waals surface area contributed by atoms with Crippen molar-refractivity contribution in [2.75, 3.05) is 14.2 Å². The Morgan fingerprint density at radius 3 is 2.68 bits per heavy atom. The van der Waals surface area contributed by atoms with E-state index in [1.54, 1.807) is 36.4 Å². The normalized spacial score (nSPS) is 10.9. The number of ether oxygens (including phenoxy) is 1. The van der Waals surface area contributed by atoms with Crippen molar-refractivity contribution in [2.45, 2.75) is 6.61 Å². The van der Waals surface area contributed by atoms with Crippen LogP contribution in [0.1, 0.15) is 11.1 Å². The van der Waals surface area contributed by atoms with E-state index in [1.807, 2.05) is 0 Å². The molecule has 0 aliphatic rings. The van der Waals surface area contributed by atoms with Crippen molar-refractivity contribution in [2.24, 2.45) is 5.16 Å². The Kier molecular flexibility index (Phi) is 6.05. The lowest BCUT2D eigenvalue weighted by Gasteiger charge is -2.12. The number of nitro groups is 1. The molecule has 0 saturated carbocycles. The third kappa shape index (κ3) is 4.54. The van der Waals surface area contributed by atoms with E-state index in [0.717, 1.165) is 0 Å². The average Bonchev–Trinajstić information content (AvgIpc) is 2.64. The highest BCUT2D eigenvalue weighted by Crippen LogP contribution is 2.21. The summed E-state index contributed by atoms with van der Waals surface area (Å²) in [7, 11) is 2.85. The maximum Gasteiger partial charge on any atom is 0.273 e. The zero-order valence-corrected chi connectivity index (χ0v) is 13.8. The molecule has 0 radical (unpaired) electrons. The van der Waals surface area contributed by atoms with Crippen molar-refractivity contribution < 1.29 is 19.3 Å². The molecule has 0 saturated heterocycles. The zero-order chi connectivity index (χ0) is 18.2. The van der Waals surface area contributed by atoms with Gasteiger partial charge in [-0.2, -0.15) is 0 Å². The van der Waals surface area contributed by atoms with Crippen LogP contribution in [0.3, 0.4) is 0 Å². The van der Waals surface area contributed by atoms with E-state index in [2.05, 4.69) is 10.5 Å². The van der Waals surface area contributed by atoms with Gasteiger partial charge in [0.05, 0.1) is 11.0 Å². The molecule has 1 N–H and O–H groups in total. The molecule has 1 amide bonds. The number of amides is 1. The van der Waals surface area contributed by atoms with Crippen molar-refractivity contribution >= 4 is 17.3 Å². The lowest BCUT2D eigenvalue weighted by molar-refractivity contribution is -0.384. The predicted octanol–water partition coefficient (Wildman–Crippen LogP) is 2.27. The topological polar surface area (TPSA) is 103 Å². The first kappa shape index (κ1) is 17.9. The minimum Gasteiger partial charge on any atom is -0.489 e. The molecule has 8 nitrogen and oxygen atoms in total. The quantitative estimate of drug-likeness (QED) is 0.472. The van der Waals surface area contributed by atoms with Gasteiger partial charge in [-0.25, -0.2) is 0 Å². The second-order valence-electron chi connectivity index (χ2n) is 4.90. The summed E-state index contributed by atoms with van der Waals surface area (Å²) in [6, 6.07) is 13.0. The standard InChI is InChI=1S/C17H17N3O5/c1-18-17(21)16(19-24-2)15-9-4-3-6-12(15)11-25-14-8-5-7-13(10-14)20(22)23/h3-10H,11H2,1-2H3,(H,18,21). The van der Waals surface area contributed by atoms with Gasteiger partial charge in [0.25, 0.3) is 11.6 Å². The SMILES string of the molecule is CNC(=O)C(=NOC)c1ccccc1COc1cccc([N+](=O)[O-])c1. The zero-order valence-electron chi connectivity index (χ0n) is 13.8. The molecule has 0 aromatic heterocycles. The molecule has 130 valence electrons. The van der Waals surface area contributed by atoms with Crippen molar-refractivity contribution in [3.05, 3.63) is 69.8 Å². The number of carbonyl (C=O) groups is 1. The summed E-state index contributed by atoms with van der Waals surface area (Å²) in [6.07, 6.45) is 0. The first-order valence-electron chi connectivity index (χ1n) is 7.35. The number of nitrogens with zero attached hydrogens (tertiary/aromatic N) is 2. The molecule has 2 aromatic carbocycles. The monoisotopic (exact) mass is 343 g/mol. The average molecular weight is 343 g/mol. The van der Waals surface area contributed by atoms with E-state index in [0.29, 0.717) is 16.9 Å². The van der Waals surface area contributed by atoms with Gasteiger partial charge in [-0.05, 0) is 11.6 Å². The second-order valence-corrected chi connectivity index (χ2v) is 4.90. The lowest BCUT2D eigenvalue weighted by atomic mass is 10.0. The lowest BCUT2D eigenvalue weighted by Crippen LogP contribution is -2.29. The van der Waals surface area contributed by atoms with Crippen molar-refractivity contribution in [3.63, 3.8) is 0 Å². The summed E-state index contributed by atoms with van der Waals surface area (Å²) in [5.41, 5.74) is 1.29. The van der Waals surface area contributed by atoms with Gasteiger partial charge in [0.1, 0.15) is 19.5 Å². The maximum absolute atomic E-state index is 12.0. The molecular formula is C17H17N3O5. The fraction of sp³-hybridized carbons (Fsp3) is 0.176. The highest BCUT2D eigenvalue weighted by Gasteiger charge is 2.17. The van der Waals surface area contributed by atoms with Gasteiger partial charge in [-0.15, -0.1) is 0 Å². The molecule has 0 aliphatic carbocycles. The van der Waals surface area contributed by atoms with Crippen LogP contribution in [0.4, 0.5) is 5.69 Å². The Morgan fingerprint density at radius 1 is 1.24 bits per heavy atom. The fourth-order valence-electron chi connectivity index (χ4n) is 2.15. The van der Waals surface area contributed by atoms with Crippen LogP contribution in [0.25, 0.3) is 0 Å². The van der Waals surface area contributed by atoms with Gasteiger partial charge in [0, 0.05) is 18.7 Å². The van der Waals surface area contributed by atoms with Gasteiger partial charge >= 0.3 is 0 Å². The van der Waals surface area contributed by atoms with E-state index in [1.165, 1.54) is 26.3 Å². The van der Waals surface area contributed by atoms with E-state index in [-0.39, 0.29) is 18.0 Å². The summed E-state index contributed by atoms with van der Waals surface area (Å²) in [5.74, 6) is -0.0428. The highest BCUT2D eigenvalue weighted by molar-refractivity contribution is 6.45. The summed E-state index contributed by atoms with van der Waals surface area (Å²) in [6.45, 7) is 0.108. The molecular weight excluding hydrogens is 326 g/mol. The molecule has 2 aromatic rings. The summed E-state index contributed by atoms with van der Waals surface area (Å²) >= 11 is 0. The number of hydrogen-bond donors (Lipinski definition) is 1. The molecule has 2 rings (SSSR count). The molecule has 25 heavy (non-hydrogen) atoms. The van der Waals surface area contributed by atoms with E-state index < -0.39 is 10.8 Å². The van der Waals surface area contributed by atoms with Crippen LogP contribution in [0.5, 0.6) is 5.75 Å². The molecule has 0 aliphatic heterocycles. The van der Waals surface area contributed by atoms with Crippen LogP contribution < -0.4 is 10.1 Å².